The molecule has 0 heterocycles. The van der Waals surface area contributed by atoms with Crippen LogP contribution in [0.4, 0.5) is 5.69 Å². The Morgan fingerprint density at radius 2 is 2.06 bits per heavy atom. The van der Waals surface area contributed by atoms with E-state index in [0.717, 1.165) is 0 Å². The van der Waals surface area contributed by atoms with Gasteiger partial charge in [-0.05, 0) is 19.1 Å². The molecule has 5 nitrogen and oxygen atoms in total. The maximum absolute atomic E-state index is 11.2. The highest BCUT2D eigenvalue weighted by molar-refractivity contribution is 5.74. The second-order valence-corrected chi connectivity index (χ2v) is 3.19. The van der Waals surface area contributed by atoms with Gasteiger partial charge in [0, 0.05) is 6.07 Å². The molecule has 1 unspecified atom stereocenters. The van der Waals surface area contributed by atoms with Gasteiger partial charge in [-0.1, -0.05) is 0 Å². The number of carbonyl (C=O) groups excluding carboxylic acids is 1. The number of nitrogen functional groups attached to an aromatic ring is 1. The summed E-state index contributed by atoms with van der Waals surface area (Å²) in [5.41, 5.74) is 6.14. The second kappa shape index (κ2) is 5.25. The van der Waals surface area contributed by atoms with Gasteiger partial charge in [0.25, 0.3) is 0 Å². The van der Waals surface area contributed by atoms with Crippen LogP contribution in [0.1, 0.15) is 6.92 Å². The lowest BCUT2D eigenvalue weighted by molar-refractivity contribution is -0.147. The summed E-state index contributed by atoms with van der Waals surface area (Å²) in [6, 6.07) is 4.98. The van der Waals surface area contributed by atoms with Crippen LogP contribution in [0, 0.1) is 0 Å². The van der Waals surface area contributed by atoms with E-state index in [0.29, 0.717) is 17.2 Å². The van der Waals surface area contributed by atoms with Gasteiger partial charge in [0.05, 0.1) is 19.9 Å². The molecule has 5 heteroatoms. The van der Waals surface area contributed by atoms with Crippen molar-refractivity contribution in [2.24, 2.45) is 0 Å². The number of hydrogen-bond donors (Lipinski definition) is 1. The maximum Gasteiger partial charge on any atom is 0.346 e. The first-order chi connectivity index (χ1) is 7.58. The van der Waals surface area contributed by atoms with E-state index in [1.54, 1.807) is 32.2 Å². The summed E-state index contributed by atoms with van der Waals surface area (Å²) in [6.07, 6.45) is -0.709. The molecule has 0 aromatic heterocycles. The molecule has 0 bridgehead atoms. The molecule has 0 aliphatic heterocycles. The lowest BCUT2D eigenvalue weighted by atomic mass is 10.2. The molecule has 0 spiro atoms. The van der Waals surface area contributed by atoms with Crippen LogP contribution in [0.25, 0.3) is 0 Å². The zero-order valence-corrected chi connectivity index (χ0v) is 9.52. The maximum atomic E-state index is 11.2. The van der Waals surface area contributed by atoms with Crippen molar-refractivity contribution < 1.29 is 19.0 Å². The molecule has 0 fully saturated rings. The Morgan fingerprint density at radius 3 is 2.62 bits per heavy atom. The van der Waals surface area contributed by atoms with Crippen LogP contribution in [0.3, 0.4) is 0 Å². The third-order valence-electron chi connectivity index (χ3n) is 2.06. The molecular formula is C11H15NO4. The average Bonchev–Trinajstić information content (AvgIpc) is 2.30. The number of anilines is 1. The van der Waals surface area contributed by atoms with Crippen LogP contribution >= 0.6 is 0 Å². The highest BCUT2D eigenvalue weighted by Gasteiger charge is 2.16. The number of methoxy groups -OCH3 is 2. The predicted molar refractivity (Wildman–Crippen MR) is 59.5 cm³/mol. The smallest absolute Gasteiger partial charge is 0.346 e. The monoisotopic (exact) mass is 225 g/mol. The van der Waals surface area contributed by atoms with E-state index in [-0.39, 0.29) is 0 Å². The molecule has 1 aromatic carbocycles. The number of rotatable bonds is 4. The van der Waals surface area contributed by atoms with Crippen molar-refractivity contribution in [1.29, 1.82) is 0 Å². The first kappa shape index (κ1) is 12.2. The van der Waals surface area contributed by atoms with Gasteiger partial charge < -0.3 is 19.9 Å². The van der Waals surface area contributed by atoms with Gasteiger partial charge in [-0.25, -0.2) is 4.79 Å². The molecule has 0 amide bonds. The van der Waals surface area contributed by atoms with Crippen LogP contribution < -0.4 is 15.2 Å². The number of carbonyl (C=O) groups is 1. The molecule has 0 saturated heterocycles. The number of hydrogen-bond acceptors (Lipinski definition) is 5. The lowest BCUT2D eigenvalue weighted by Gasteiger charge is -2.14. The summed E-state index contributed by atoms with van der Waals surface area (Å²) < 4.78 is 14.9. The Hall–Kier alpha value is -1.91. The van der Waals surface area contributed by atoms with Gasteiger partial charge in [-0.2, -0.15) is 0 Å². The van der Waals surface area contributed by atoms with Gasteiger partial charge >= 0.3 is 5.97 Å². The minimum atomic E-state index is -0.709. The van der Waals surface area contributed by atoms with E-state index >= 15 is 0 Å². The summed E-state index contributed by atoms with van der Waals surface area (Å²) in [6.45, 7) is 1.59. The molecule has 0 aliphatic rings. The number of benzene rings is 1. The van der Waals surface area contributed by atoms with Gasteiger partial charge in [0.15, 0.2) is 6.10 Å². The fourth-order valence-corrected chi connectivity index (χ4v) is 1.15. The van der Waals surface area contributed by atoms with Crippen LogP contribution in [0.2, 0.25) is 0 Å². The zero-order valence-electron chi connectivity index (χ0n) is 9.52. The first-order valence-corrected chi connectivity index (χ1v) is 4.76. The highest BCUT2D eigenvalue weighted by atomic mass is 16.6. The molecule has 0 aliphatic carbocycles. The van der Waals surface area contributed by atoms with E-state index in [9.17, 15) is 4.79 Å². The van der Waals surface area contributed by atoms with Crippen molar-refractivity contribution in [3.63, 3.8) is 0 Å². The standard InChI is InChI=1S/C11H15NO4/c1-7(11(13)15-3)16-10-6-8(14-2)4-5-9(10)12/h4-7H,12H2,1-3H3. The molecule has 0 radical (unpaired) electrons. The molecule has 2 N–H and O–H groups in total. The van der Waals surface area contributed by atoms with E-state index in [1.165, 1.54) is 7.11 Å². The van der Waals surface area contributed by atoms with Crippen LogP contribution in [-0.4, -0.2) is 26.3 Å². The summed E-state index contributed by atoms with van der Waals surface area (Å²) in [5, 5.41) is 0. The Labute approximate surface area is 94.1 Å². The van der Waals surface area contributed by atoms with Crippen molar-refractivity contribution in [2.45, 2.75) is 13.0 Å². The predicted octanol–water partition coefficient (Wildman–Crippen LogP) is 1.22. The third-order valence-corrected chi connectivity index (χ3v) is 2.06. The Balaban J connectivity index is 2.83. The summed E-state index contributed by atoms with van der Waals surface area (Å²) >= 11 is 0. The quantitative estimate of drug-likeness (QED) is 0.616. The minimum absolute atomic E-state index is 0.400. The topological polar surface area (TPSA) is 70.8 Å². The average molecular weight is 225 g/mol. The van der Waals surface area contributed by atoms with Gasteiger partial charge in [0.2, 0.25) is 0 Å². The van der Waals surface area contributed by atoms with Crippen LogP contribution in [-0.2, 0) is 9.53 Å². The van der Waals surface area contributed by atoms with E-state index in [4.69, 9.17) is 15.2 Å². The van der Waals surface area contributed by atoms with Gasteiger partial charge in [-0.3, -0.25) is 0 Å². The SMILES string of the molecule is COC(=O)C(C)Oc1cc(OC)ccc1N. The molecule has 1 atom stereocenters. The number of esters is 1. The second-order valence-electron chi connectivity index (χ2n) is 3.19. The molecule has 0 saturated carbocycles. The highest BCUT2D eigenvalue weighted by Crippen LogP contribution is 2.27. The first-order valence-electron chi connectivity index (χ1n) is 4.76. The summed E-state index contributed by atoms with van der Waals surface area (Å²) in [5.74, 6) is 0.556. The fraction of sp³-hybridized carbons (Fsp3) is 0.364. The third kappa shape index (κ3) is 2.79. The number of ether oxygens (including phenoxy) is 3. The minimum Gasteiger partial charge on any atom is -0.497 e. The molecule has 88 valence electrons. The molecular weight excluding hydrogens is 210 g/mol. The lowest BCUT2D eigenvalue weighted by Crippen LogP contribution is -2.25. The van der Waals surface area contributed by atoms with Crippen LogP contribution in [0.5, 0.6) is 11.5 Å². The fourth-order valence-electron chi connectivity index (χ4n) is 1.15. The molecule has 1 aromatic rings. The Kier molecular flexibility index (Phi) is 3.99. The zero-order chi connectivity index (χ0) is 12.1. The Bertz CT molecular complexity index is 378. The normalized spacial score (nSPS) is 11.7. The van der Waals surface area contributed by atoms with E-state index in [2.05, 4.69) is 4.74 Å². The Morgan fingerprint density at radius 1 is 1.38 bits per heavy atom. The largest absolute Gasteiger partial charge is 0.497 e. The van der Waals surface area contributed by atoms with Crippen molar-refractivity contribution in [3.8, 4) is 11.5 Å². The van der Waals surface area contributed by atoms with E-state index in [1.807, 2.05) is 0 Å². The molecule has 1 rings (SSSR count). The van der Waals surface area contributed by atoms with Crippen LogP contribution in [0.15, 0.2) is 18.2 Å². The summed E-state index contributed by atoms with van der Waals surface area (Å²) in [4.78, 5) is 11.2. The summed E-state index contributed by atoms with van der Waals surface area (Å²) in [7, 11) is 2.84. The van der Waals surface area contributed by atoms with Crippen molar-refractivity contribution in [2.75, 3.05) is 20.0 Å². The van der Waals surface area contributed by atoms with Gasteiger partial charge in [-0.15, -0.1) is 0 Å². The number of nitrogens with two attached hydrogens (primary N) is 1. The van der Waals surface area contributed by atoms with E-state index < -0.39 is 12.1 Å². The molecule has 16 heavy (non-hydrogen) atoms. The van der Waals surface area contributed by atoms with Crippen molar-refractivity contribution >= 4 is 11.7 Å². The van der Waals surface area contributed by atoms with Crippen molar-refractivity contribution in [3.05, 3.63) is 18.2 Å². The van der Waals surface area contributed by atoms with Gasteiger partial charge in [0.1, 0.15) is 11.5 Å². The van der Waals surface area contributed by atoms with Crippen molar-refractivity contribution in [1.82, 2.24) is 0 Å².